The molecule has 0 saturated heterocycles. The quantitative estimate of drug-likeness (QED) is 0.815. The molecule has 1 aliphatic carbocycles. The molecule has 3 rings (SSSR count). The number of nitrogens with two attached hydrogens (primary N) is 1. The summed E-state index contributed by atoms with van der Waals surface area (Å²) >= 11 is 0. The number of aliphatic hydroxyl groups is 1. The number of nitrogen functional groups attached to an aromatic ring is 1. The lowest BCUT2D eigenvalue weighted by molar-refractivity contribution is 0.0921. The van der Waals surface area contributed by atoms with Crippen LogP contribution >= 0.6 is 0 Å². The molecule has 2 aromatic rings. The Balaban J connectivity index is 1.86. The Labute approximate surface area is 117 Å². The van der Waals surface area contributed by atoms with Gasteiger partial charge in [0, 0.05) is 19.6 Å². The van der Waals surface area contributed by atoms with Crippen molar-refractivity contribution in [2.24, 2.45) is 7.05 Å². The molecule has 2 heterocycles. The van der Waals surface area contributed by atoms with E-state index in [-0.39, 0.29) is 6.61 Å². The molecule has 7 nitrogen and oxygen atoms in total. The highest BCUT2D eigenvalue weighted by Crippen LogP contribution is 2.26. The number of hydrogen-bond acceptors (Lipinski definition) is 6. The molecule has 0 aliphatic heterocycles. The maximum Gasteiger partial charge on any atom is 0.163 e. The van der Waals surface area contributed by atoms with Crippen molar-refractivity contribution in [3.05, 3.63) is 12.0 Å². The Morgan fingerprint density at radius 1 is 1.45 bits per heavy atom. The van der Waals surface area contributed by atoms with Gasteiger partial charge in [-0.1, -0.05) is 6.42 Å². The number of aryl methyl sites for hydroxylation is 1. The molecule has 20 heavy (non-hydrogen) atoms. The van der Waals surface area contributed by atoms with Crippen LogP contribution in [-0.4, -0.2) is 48.9 Å². The number of anilines is 1. The van der Waals surface area contributed by atoms with E-state index in [1.54, 1.807) is 10.9 Å². The van der Waals surface area contributed by atoms with Gasteiger partial charge in [-0.3, -0.25) is 9.58 Å². The highest BCUT2D eigenvalue weighted by atomic mass is 16.3. The van der Waals surface area contributed by atoms with Crippen molar-refractivity contribution in [3.63, 3.8) is 0 Å². The minimum absolute atomic E-state index is 0.153. The Morgan fingerprint density at radius 2 is 2.25 bits per heavy atom. The molecule has 1 saturated carbocycles. The molecule has 1 fully saturated rings. The number of rotatable bonds is 5. The zero-order valence-corrected chi connectivity index (χ0v) is 11.7. The second-order valence-electron chi connectivity index (χ2n) is 5.31. The highest BCUT2D eigenvalue weighted by Gasteiger charge is 2.25. The van der Waals surface area contributed by atoms with E-state index >= 15 is 0 Å². The summed E-state index contributed by atoms with van der Waals surface area (Å²) in [5.74, 6) is 1.16. The number of nitrogens with zero attached hydrogens (tertiary/aromatic N) is 5. The lowest BCUT2D eigenvalue weighted by Gasteiger charge is -2.36. The standard InChI is InChI=1S/C13H20N6O/c1-18-13-10(7-15-18)12(14)16-11(17-13)8-19(5-6-20)9-3-2-4-9/h7,9,20H,2-6,8H2,1H3,(H2,14,16,17). The summed E-state index contributed by atoms with van der Waals surface area (Å²) < 4.78 is 1.70. The third-order valence-corrected chi connectivity index (χ3v) is 3.99. The molecule has 3 N–H and O–H groups in total. The van der Waals surface area contributed by atoms with Gasteiger partial charge in [-0.05, 0) is 12.8 Å². The molecule has 0 spiro atoms. The second-order valence-corrected chi connectivity index (χ2v) is 5.31. The maximum atomic E-state index is 9.20. The van der Waals surface area contributed by atoms with Crippen molar-refractivity contribution >= 4 is 16.9 Å². The molecule has 0 unspecified atom stereocenters. The third kappa shape index (κ3) is 2.34. The average molecular weight is 276 g/mol. The predicted molar refractivity (Wildman–Crippen MR) is 75.9 cm³/mol. The predicted octanol–water partition coefficient (Wildman–Crippen LogP) is 0.292. The Hall–Kier alpha value is -1.73. The first-order chi connectivity index (χ1) is 9.69. The molecule has 7 heteroatoms. The number of fused-ring (bicyclic) bond motifs is 1. The van der Waals surface area contributed by atoms with Gasteiger partial charge >= 0.3 is 0 Å². The molecule has 1 aliphatic rings. The van der Waals surface area contributed by atoms with Crippen molar-refractivity contribution < 1.29 is 5.11 Å². The van der Waals surface area contributed by atoms with Gasteiger partial charge in [-0.15, -0.1) is 0 Å². The van der Waals surface area contributed by atoms with Crippen molar-refractivity contribution in [1.29, 1.82) is 0 Å². The van der Waals surface area contributed by atoms with Crippen LogP contribution in [0.3, 0.4) is 0 Å². The van der Waals surface area contributed by atoms with Crippen LogP contribution in [0.2, 0.25) is 0 Å². The van der Waals surface area contributed by atoms with Crippen molar-refractivity contribution in [1.82, 2.24) is 24.6 Å². The van der Waals surface area contributed by atoms with Gasteiger partial charge in [0.15, 0.2) is 5.65 Å². The fourth-order valence-electron chi connectivity index (χ4n) is 2.61. The molecule has 2 aromatic heterocycles. The van der Waals surface area contributed by atoms with Gasteiger partial charge in [-0.2, -0.15) is 5.10 Å². The van der Waals surface area contributed by atoms with E-state index in [1.807, 2.05) is 7.05 Å². The van der Waals surface area contributed by atoms with E-state index in [4.69, 9.17) is 5.73 Å². The van der Waals surface area contributed by atoms with Crippen LogP contribution in [0, 0.1) is 0 Å². The van der Waals surface area contributed by atoms with E-state index in [1.165, 1.54) is 19.3 Å². The Bertz CT molecular complexity index is 606. The van der Waals surface area contributed by atoms with Gasteiger partial charge in [0.25, 0.3) is 0 Å². The minimum atomic E-state index is 0.153. The van der Waals surface area contributed by atoms with Crippen LogP contribution < -0.4 is 5.73 Å². The minimum Gasteiger partial charge on any atom is -0.395 e. The summed E-state index contributed by atoms with van der Waals surface area (Å²) in [7, 11) is 1.84. The second kappa shape index (κ2) is 5.34. The molecule has 108 valence electrons. The van der Waals surface area contributed by atoms with Crippen LogP contribution in [0.4, 0.5) is 5.82 Å². The maximum absolute atomic E-state index is 9.20. The number of hydrogen-bond donors (Lipinski definition) is 2. The number of aromatic nitrogens is 4. The van der Waals surface area contributed by atoms with Crippen LogP contribution in [-0.2, 0) is 13.6 Å². The normalized spacial score (nSPS) is 15.9. The van der Waals surface area contributed by atoms with E-state index in [2.05, 4.69) is 20.0 Å². The van der Waals surface area contributed by atoms with Gasteiger partial charge in [0.2, 0.25) is 0 Å². The average Bonchev–Trinajstić information content (AvgIpc) is 2.70. The lowest BCUT2D eigenvalue weighted by Crippen LogP contribution is -2.41. The molecule has 0 aromatic carbocycles. The summed E-state index contributed by atoms with van der Waals surface area (Å²) in [6, 6.07) is 0.536. The van der Waals surface area contributed by atoms with Crippen molar-refractivity contribution in [2.75, 3.05) is 18.9 Å². The van der Waals surface area contributed by atoms with E-state index < -0.39 is 0 Å². The molecule has 0 atom stereocenters. The highest BCUT2D eigenvalue weighted by molar-refractivity contribution is 5.84. The zero-order valence-electron chi connectivity index (χ0n) is 11.7. The van der Waals surface area contributed by atoms with Crippen molar-refractivity contribution in [3.8, 4) is 0 Å². The fourth-order valence-corrected chi connectivity index (χ4v) is 2.61. The first-order valence-electron chi connectivity index (χ1n) is 6.98. The molecule has 0 radical (unpaired) electrons. The fraction of sp³-hybridized carbons (Fsp3) is 0.615. The summed E-state index contributed by atoms with van der Waals surface area (Å²) in [5, 5.41) is 14.1. The number of aliphatic hydroxyl groups excluding tert-OH is 1. The summed E-state index contributed by atoms with van der Waals surface area (Å²) in [6.07, 6.45) is 5.31. The SMILES string of the molecule is Cn1ncc2c(N)nc(CN(CCO)C3CCC3)nc21. The lowest BCUT2D eigenvalue weighted by atomic mass is 9.91. The molecular formula is C13H20N6O. The van der Waals surface area contributed by atoms with Crippen LogP contribution in [0.15, 0.2) is 6.20 Å². The monoisotopic (exact) mass is 276 g/mol. The molecular weight excluding hydrogens is 256 g/mol. The van der Waals surface area contributed by atoms with E-state index in [0.717, 1.165) is 11.0 Å². The van der Waals surface area contributed by atoms with E-state index in [0.29, 0.717) is 30.8 Å². The first-order valence-corrected chi connectivity index (χ1v) is 6.98. The third-order valence-electron chi connectivity index (χ3n) is 3.99. The molecule has 0 amide bonds. The van der Waals surface area contributed by atoms with Gasteiger partial charge in [-0.25, -0.2) is 9.97 Å². The van der Waals surface area contributed by atoms with Crippen LogP contribution in [0.5, 0.6) is 0 Å². The van der Waals surface area contributed by atoms with Crippen molar-refractivity contribution in [2.45, 2.75) is 31.8 Å². The first kappa shape index (κ1) is 13.3. The largest absolute Gasteiger partial charge is 0.395 e. The smallest absolute Gasteiger partial charge is 0.163 e. The van der Waals surface area contributed by atoms with Crippen LogP contribution in [0.1, 0.15) is 25.1 Å². The van der Waals surface area contributed by atoms with Gasteiger partial charge in [0.1, 0.15) is 11.6 Å². The van der Waals surface area contributed by atoms with Gasteiger partial charge < -0.3 is 10.8 Å². The topological polar surface area (TPSA) is 93.1 Å². The zero-order chi connectivity index (χ0) is 14.1. The van der Waals surface area contributed by atoms with Gasteiger partial charge in [0.05, 0.1) is 24.7 Å². The Kier molecular flexibility index (Phi) is 3.54. The summed E-state index contributed by atoms with van der Waals surface area (Å²) in [4.78, 5) is 11.1. The van der Waals surface area contributed by atoms with Crippen LogP contribution in [0.25, 0.3) is 11.0 Å². The summed E-state index contributed by atoms with van der Waals surface area (Å²) in [6.45, 7) is 1.42. The Morgan fingerprint density at radius 3 is 2.90 bits per heavy atom. The van der Waals surface area contributed by atoms with E-state index in [9.17, 15) is 5.11 Å². The summed E-state index contributed by atoms with van der Waals surface area (Å²) in [5.41, 5.74) is 6.72. The molecule has 0 bridgehead atoms.